The van der Waals surface area contributed by atoms with Crippen LogP contribution in [0, 0.1) is 0 Å². The van der Waals surface area contributed by atoms with Gasteiger partial charge in [-0.1, -0.05) is 30.3 Å². The Morgan fingerprint density at radius 3 is 2.64 bits per heavy atom. The predicted molar refractivity (Wildman–Crippen MR) is 123 cm³/mol. The molecule has 1 unspecified atom stereocenters. The molecule has 4 rings (SSSR count). The Morgan fingerprint density at radius 1 is 1.12 bits per heavy atom. The number of carboxylic acid groups (broad SMARTS) is 1. The van der Waals surface area contributed by atoms with E-state index in [2.05, 4.69) is 15.3 Å². The van der Waals surface area contributed by atoms with Gasteiger partial charge in [0.05, 0.1) is 18.3 Å². The monoisotopic (exact) mass is 446 g/mol. The zero-order valence-electron chi connectivity index (χ0n) is 17.8. The largest absolute Gasteiger partial charge is 0.497 e. The third-order valence-corrected chi connectivity index (χ3v) is 5.36. The second-order valence-electron chi connectivity index (χ2n) is 7.55. The van der Waals surface area contributed by atoms with Crippen LogP contribution in [0.1, 0.15) is 23.3 Å². The third kappa shape index (κ3) is 4.47. The van der Waals surface area contributed by atoms with Crippen molar-refractivity contribution < 1.29 is 24.2 Å². The van der Waals surface area contributed by atoms with Crippen LogP contribution in [0.3, 0.4) is 0 Å². The number of pyridine rings is 1. The smallest absolute Gasteiger partial charge is 0.326 e. The molecule has 0 fully saturated rings. The van der Waals surface area contributed by atoms with E-state index in [0.29, 0.717) is 11.4 Å². The maximum Gasteiger partial charge on any atom is 0.326 e. The van der Waals surface area contributed by atoms with Crippen LogP contribution in [0.2, 0.25) is 0 Å². The molecule has 2 amide bonds. The zero-order chi connectivity index (χ0) is 23.5. The summed E-state index contributed by atoms with van der Waals surface area (Å²) in [5.74, 6) is -1.94. The highest BCUT2D eigenvalue weighted by Gasteiger charge is 2.23. The Kier molecular flexibility index (Phi) is 5.95. The van der Waals surface area contributed by atoms with Crippen molar-refractivity contribution in [3.8, 4) is 17.0 Å². The molecule has 2 heterocycles. The molecule has 0 radical (unpaired) electrons. The number of para-hydroxylation sites is 1. The molecule has 1 atom stereocenters. The van der Waals surface area contributed by atoms with Crippen molar-refractivity contribution in [2.75, 3.05) is 7.11 Å². The van der Waals surface area contributed by atoms with Crippen molar-refractivity contribution >= 4 is 39.6 Å². The highest BCUT2D eigenvalue weighted by Crippen LogP contribution is 2.33. The van der Waals surface area contributed by atoms with E-state index in [-0.39, 0.29) is 18.5 Å². The second-order valence-corrected chi connectivity index (χ2v) is 7.55. The van der Waals surface area contributed by atoms with Crippen LogP contribution in [0.25, 0.3) is 33.1 Å². The lowest BCUT2D eigenvalue weighted by Crippen LogP contribution is -2.41. The molecule has 0 bridgehead atoms. The number of hydrogen-bond donors (Lipinski definition) is 4. The third-order valence-electron chi connectivity index (χ3n) is 5.36. The standard InChI is InChI=1S/C24H22N4O5/c1-33-14-6-4-5-13(11-14)21-22-16(15-7-2-3-8-17(15)26-22)12-19(27-21)23(30)28-18(24(31)32)9-10-20(25)29/h2-8,11-12,18,26H,9-10H2,1H3,(H2,25,29)(H,28,30)(H,31,32). The number of carboxylic acids is 1. The van der Waals surface area contributed by atoms with Gasteiger partial charge in [-0.25, -0.2) is 9.78 Å². The van der Waals surface area contributed by atoms with E-state index >= 15 is 0 Å². The Bertz CT molecular complexity index is 1380. The number of benzene rings is 2. The number of aliphatic carboxylic acids is 1. The molecule has 168 valence electrons. The molecular weight excluding hydrogens is 424 g/mol. The first-order valence-electron chi connectivity index (χ1n) is 10.2. The highest BCUT2D eigenvalue weighted by atomic mass is 16.5. The minimum Gasteiger partial charge on any atom is -0.497 e. The first-order chi connectivity index (χ1) is 15.9. The second kappa shape index (κ2) is 8.99. The molecule has 0 spiro atoms. The van der Waals surface area contributed by atoms with Crippen molar-refractivity contribution in [2.45, 2.75) is 18.9 Å². The Hall–Kier alpha value is -4.40. The summed E-state index contributed by atoms with van der Waals surface area (Å²) < 4.78 is 5.33. The number of rotatable bonds is 8. The van der Waals surface area contributed by atoms with Gasteiger partial charge in [0, 0.05) is 28.3 Å². The lowest BCUT2D eigenvalue weighted by atomic mass is 10.1. The van der Waals surface area contributed by atoms with Gasteiger partial charge < -0.3 is 25.9 Å². The molecule has 0 aliphatic heterocycles. The van der Waals surface area contributed by atoms with Crippen LogP contribution in [0.15, 0.2) is 54.6 Å². The van der Waals surface area contributed by atoms with Crippen molar-refractivity contribution in [3.63, 3.8) is 0 Å². The van der Waals surface area contributed by atoms with Gasteiger partial charge in [0.2, 0.25) is 5.91 Å². The van der Waals surface area contributed by atoms with E-state index in [0.717, 1.165) is 27.4 Å². The number of amides is 2. The molecule has 33 heavy (non-hydrogen) atoms. The van der Waals surface area contributed by atoms with Crippen LogP contribution >= 0.6 is 0 Å². The van der Waals surface area contributed by atoms with Gasteiger partial charge in [0.25, 0.3) is 5.91 Å². The minimum atomic E-state index is -1.27. The number of nitrogens with one attached hydrogen (secondary N) is 2. The minimum absolute atomic E-state index is 0.0513. The number of aromatic amines is 1. The summed E-state index contributed by atoms with van der Waals surface area (Å²) in [5, 5.41) is 13.6. The molecule has 9 nitrogen and oxygen atoms in total. The van der Waals surface area contributed by atoms with Crippen molar-refractivity contribution in [1.82, 2.24) is 15.3 Å². The number of nitrogens with two attached hydrogens (primary N) is 1. The summed E-state index contributed by atoms with van der Waals surface area (Å²) in [7, 11) is 1.56. The topological polar surface area (TPSA) is 147 Å². The number of methoxy groups -OCH3 is 1. The number of aromatic nitrogens is 2. The maximum absolute atomic E-state index is 13.0. The molecule has 4 aromatic rings. The summed E-state index contributed by atoms with van der Waals surface area (Å²) in [5.41, 5.74) is 8.04. The molecule has 0 saturated heterocycles. The molecule has 9 heteroatoms. The Morgan fingerprint density at radius 2 is 1.91 bits per heavy atom. The maximum atomic E-state index is 13.0. The van der Waals surface area contributed by atoms with Crippen LogP contribution in [0.5, 0.6) is 5.75 Å². The van der Waals surface area contributed by atoms with E-state index in [1.165, 1.54) is 0 Å². The summed E-state index contributed by atoms with van der Waals surface area (Å²) in [6, 6.07) is 15.3. The van der Waals surface area contributed by atoms with Gasteiger partial charge in [-0.2, -0.15) is 0 Å². The average molecular weight is 446 g/mol. The predicted octanol–water partition coefficient (Wildman–Crippen LogP) is 2.84. The molecule has 2 aromatic carbocycles. The van der Waals surface area contributed by atoms with Crippen LogP contribution < -0.4 is 15.8 Å². The lowest BCUT2D eigenvalue weighted by molar-refractivity contribution is -0.139. The fraction of sp³-hybridized carbons (Fsp3) is 0.167. The van der Waals surface area contributed by atoms with Gasteiger partial charge in [-0.05, 0) is 30.7 Å². The van der Waals surface area contributed by atoms with Crippen molar-refractivity contribution in [1.29, 1.82) is 0 Å². The van der Waals surface area contributed by atoms with E-state index in [1.807, 2.05) is 42.5 Å². The van der Waals surface area contributed by atoms with E-state index < -0.39 is 23.8 Å². The summed E-state index contributed by atoms with van der Waals surface area (Å²) in [4.78, 5) is 43.6. The van der Waals surface area contributed by atoms with Crippen LogP contribution in [-0.4, -0.2) is 46.0 Å². The first-order valence-corrected chi connectivity index (χ1v) is 10.2. The number of carbonyl (C=O) groups excluding carboxylic acids is 2. The summed E-state index contributed by atoms with van der Waals surface area (Å²) >= 11 is 0. The molecule has 5 N–H and O–H groups in total. The lowest BCUT2D eigenvalue weighted by Gasteiger charge is -2.14. The van der Waals surface area contributed by atoms with Crippen molar-refractivity contribution in [3.05, 3.63) is 60.3 Å². The summed E-state index contributed by atoms with van der Waals surface area (Å²) in [6.45, 7) is 0. The van der Waals surface area contributed by atoms with Gasteiger partial charge >= 0.3 is 5.97 Å². The van der Waals surface area contributed by atoms with Crippen molar-refractivity contribution in [2.24, 2.45) is 5.73 Å². The first kappa shape index (κ1) is 21.8. The fourth-order valence-electron chi connectivity index (χ4n) is 3.72. The van der Waals surface area contributed by atoms with Crippen LogP contribution in [0.4, 0.5) is 0 Å². The number of H-pyrrole nitrogens is 1. The van der Waals surface area contributed by atoms with Gasteiger partial charge in [0.1, 0.15) is 17.5 Å². The normalized spacial score (nSPS) is 11.9. The van der Waals surface area contributed by atoms with Gasteiger partial charge in [0.15, 0.2) is 0 Å². The molecule has 0 aliphatic carbocycles. The SMILES string of the molecule is COc1cccc(-c2nc(C(=O)NC(CCC(N)=O)C(=O)O)cc3c2[nH]c2ccccc23)c1. The number of hydrogen-bond acceptors (Lipinski definition) is 5. The average Bonchev–Trinajstić information content (AvgIpc) is 3.19. The van der Waals surface area contributed by atoms with E-state index in [9.17, 15) is 19.5 Å². The number of primary amides is 1. The fourth-order valence-corrected chi connectivity index (χ4v) is 3.72. The van der Waals surface area contributed by atoms with Crippen LogP contribution in [-0.2, 0) is 9.59 Å². The Balaban J connectivity index is 1.83. The van der Waals surface area contributed by atoms with E-state index in [4.69, 9.17) is 10.5 Å². The van der Waals surface area contributed by atoms with Gasteiger partial charge in [-0.15, -0.1) is 0 Å². The molecule has 2 aromatic heterocycles. The number of fused-ring (bicyclic) bond motifs is 3. The molecule has 0 aliphatic rings. The number of carbonyl (C=O) groups is 3. The number of nitrogens with zero attached hydrogens (tertiary/aromatic N) is 1. The molecule has 0 saturated carbocycles. The number of ether oxygens (including phenoxy) is 1. The van der Waals surface area contributed by atoms with Gasteiger partial charge in [-0.3, -0.25) is 9.59 Å². The summed E-state index contributed by atoms with van der Waals surface area (Å²) in [6.07, 6.45) is -0.282. The molecular formula is C24H22N4O5. The Labute approximate surface area is 188 Å². The highest BCUT2D eigenvalue weighted by molar-refractivity contribution is 6.13. The van der Waals surface area contributed by atoms with E-state index in [1.54, 1.807) is 19.2 Å². The quantitative estimate of drug-likeness (QED) is 0.327. The zero-order valence-corrected chi connectivity index (χ0v) is 17.8.